The highest BCUT2D eigenvalue weighted by Gasteiger charge is 2.27. The van der Waals surface area contributed by atoms with Crippen molar-refractivity contribution in [2.75, 3.05) is 13.6 Å². The first-order chi connectivity index (χ1) is 23.7. The van der Waals surface area contributed by atoms with E-state index in [0.29, 0.717) is 21.9 Å². The Kier molecular flexibility index (Phi) is 10.1. The molecule has 5 aromatic rings. The molecule has 0 saturated heterocycles. The van der Waals surface area contributed by atoms with Crippen LogP contribution in [0.15, 0.2) is 106 Å². The van der Waals surface area contributed by atoms with E-state index < -0.39 is 35.3 Å². The van der Waals surface area contributed by atoms with Crippen molar-refractivity contribution < 1.29 is 27.8 Å². The van der Waals surface area contributed by atoms with Gasteiger partial charge in [-0.3, -0.25) is 14.7 Å². The molecular formula is C36H26ClF2N5O4S. The maximum absolute atomic E-state index is 16.0. The number of primary amides is 1. The van der Waals surface area contributed by atoms with Gasteiger partial charge in [-0.25, -0.2) is 9.37 Å². The molecule has 0 saturated carbocycles. The van der Waals surface area contributed by atoms with Crippen LogP contribution in [0.5, 0.6) is 28.9 Å². The van der Waals surface area contributed by atoms with Crippen LogP contribution in [0.1, 0.15) is 33.2 Å². The Morgan fingerprint density at radius 2 is 1.84 bits per heavy atom. The lowest BCUT2D eigenvalue weighted by Gasteiger charge is -2.22. The number of amides is 1. The van der Waals surface area contributed by atoms with E-state index in [-0.39, 0.29) is 40.0 Å². The molecule has 246 valence electrons. The van der Waals surface area contributed by atoms with Crippen molar-refractivity contribution in [1.29, 1.82) is 5.26 Å². The largest absolute Gasteiger partial charge is 0.485 e. The summed E-state index contributed by atoms with van der Waals surface area (Å²) in [6.45, 7) is 0.709. The predicted octanol–water partition coefficient (Wildman–Crippen LogP) is 8.31. The van der Waals surface area contributed by atoms with E-state index in [2.05, 4.69) is 9.98 Å². The molecule has 0 bridgehead atoms. The number of nitrogens with two attached hydrogens (primary N) is 1. The summed E-state index contributed by atoms with van der Waals surface area (Å²) in [6.07, 6.45) is 1.97. The summed E-state index contributed by atoms with van der Waals surface area (Å²) in [7, 11) is 1.84. The zero-order valence-corrected chi connectivity index (χ0v) is 27.3. The lowest BCUT2D eigenvalue weighted by atomic mass is 10.1. The standard InChI is InChI=1S/C36H26ClF2N5O4S/c1-44-15-14-42-35(44)24-17-23(49-30-9-5-8-25(37)31(30)34(41)45)11-13-27(24)47-33-26(38)19-43-36(32(33)39)48-29-16-22(18-40)10-12-28(29)46-20-21-6-3-2-4-7-21/h2-14,16-17,19,35H,15,20H2,1H3,(H2,41,45). The normalized spacial score (nSPS) is 14.0. The van der Waals surface area contributed by atoms with Gasteiger partial charge in [0.1, 0.15) is 18.5 Å². The van der Waals surface area contributed by atoms with Crippen LogP contribution in [-0.4, -0.2) is 35.6 Å². The zero-order chi connectivity index (χ0) is 34.5. The van der Waals surface area contributed by atoms with Crippen LogP contribution >= 0.6 is 23.4 Å². The molecule has 1 atom stereocenters. The third-order valence-electron chi connectivity index (χ3n) is 7.37. The van der Waals surface area contributed by atoms with E-state index >= 15 is 8.78 Å². The summed E-state index contributed by atoms with van der Waals surface area (Å²) in [5.41, 5.74) is 7.36. The topological polar surface area (TPSA) is 123 Å². The molecule has 9 nitrogen and oxygen atoms in total. The highest BCUT2D eigenvalue weighted by atomic mass is 35.5. The van der Waals surface area contributed by atoms with Crippen LogP contribution in [0.25, 0.3) is 0 Å². The fourth-order valence-electron chi connectivity index (χ4n) is 4.97. The Hall–Kier alpha value is -5.48. The number of rotatable bonds is 11. The summed E-state index contributed by atoms with van der Waals surface area (Å²) in [5, 5.41) is 9.68. The first-order valence-electron chi connectivity index (χ1n) is 14.7. The molecular weight excluding hydrogens is 672 g/mol. The van der Waals surface area contributed by atoms with Crippen molar-refractivity contribution in [3.8, 4) is 34.9 Å². The van der Waals surface area contributed by atoms with Gasteiger partial charge in [-0.1, -0.05) is 59.8 Å². The number of pyridine rings is 1. The molecule has 1 aliphatic heterocycles. The van der Waals surface area contributed by atoms with Gasteiger partial charge >= 0.3 is 0 Å². The smallest absolute Gasteiger partial charge is 0.260 e. The lowest BCUT2D eigenvalue weighted by Crippen LogP contribution is -2.19. The van der Waals surface area contributed by atoms with E-state index in [0.717, 1.165) is 11.8 Å². The van der Waals surface area contributed by atoms with E-state index in [1.54, 1.807) is 42.6 Å². The number of carbonyl (C=O) groups is 1. The second-order valence-corrected chi connectivity index (χ2v) is 12.3. The molecule has 0 radical (unpaired) electrons. The molecule has 49 heavy (non-hydrogen) atoms. The van der Waals surface area contributed by atoms with E-state index in [1.807, 2.05) is 48.3 Å². The van der Waals surface area contributed by atoms with Gasteiger partial charge < -0.3 is 19.9 Å². The first-order valence-corrected chi connectivity index (χ1v) is 15.9. The Morgan fingerprint density at radius 3 is 2.57 bits per heavy atom. The highest BCUT2D eigenvalue weighted by molar-refractivity contribution is 7.99. The molecule has 0 fully saturated rings. The first kappa shape index (κ1) is 33.4. The van der Waals surface area contributed by atoms with E-state index in [4.69, 9.17) is 31.5 Å². The molecule has 13 heteroatoms. The number of nitrogens with zero attached hydrogens (tertiary/aromatic N) is 4. The number of aliphatic imine (C=N–C) groups is 1. The summed E-state index contributed by atoms with van der Waals surface area (Å²) >= 11 is 7.49. The second kappa shape index (κ2) is 14.7. The maximum Gasteiger partial charge on any atom is 0.260 e. The fraction of sp³-hybridized carbons (Fsp3) is 0.111. The van der Waals surface area contributed by atoms with Crippen LogP contribution in [0.2, 0.25) is 5.02 Å². The van der Waals surface area contributed by atoms with E-state index in [9.17, 15) is 10.1 Å². The van der Waals surface area contributed by atoms with Gasteiger partial charge in [0.15, 0.2) is 17.3 Å². The summed E-state index contributed by atoms with van der Waals surface area (Å²) in [5.74, 6) is -3.99. The predicted molar refractivity (Wildman–Crippen MR) is 181 cm³/mol. The molecule has 1 amide bonds. The molecule has 6 rings (SSSR count). The number of benzene rings is 4. The summed E-state index contributed by atoms with van der Waals surface area (Å²) in [4.78, 5) is 23.6. The number of ether oxygens (including phenoxy) is 3. The monoisotopic (exact) mass is 697 g/mol. The van der Waals surface area contributed by atoms with Crippen molar-refractivity contribution in [3.63, 3.8) is 0 Å². The summed E-state index contributed by atoms with van der Waals surface area (Å²) < 4.78 is 48.8. The molecule has 2 N–H and O–H groups in total. The average Bonchev–Trinajstić information content (AvgIpc) is 3.53. The minimum atomic E-state index is -1.21. The van der Waals surface area contributed by atoms with Crippen LogP contribution in [0, 0.1) is 23.0 Å². The molecule has 1 unspecified atom stereocenters. The van der Waals surface area contributed by atoms with Crippen molar-refractivity contribution in [3.05, 3.63) is 130 Å². The van der Waals surface area contributed by atoms with Crippen LogP contribution in [-0.2, 0) is 6.61 Å². The Labute approximate surface area is 289 Å². The number of aromatic nitrogens is 1. The van der Waals surface area contributed by atoms with Gasteiger partial charge in [-0.15, -0.1) is 0 Å². The Morgan fingerprint density at radius 1 is 1.04 bits per heavy atom. The van der Waals surface area contributed by atoms with Crippen LogP contribution in [0.4, 0.5) is 8.78 Å². The fourth-order valence-corrected chi connectivity index (χ4v) is 6.33. The van der Waals surface area contributed by atoms with Gasteiger partial charge in [0.05, 0.1) is 28.4 Å². The van der Waals surface area contributed by atoms with Gasteiger partial charge in [-0.05, 0) is 55.1 Å². The van der Waals surface area contributed by atoms with Gasteiger partial charge in [0.2, 0.25) is 11.6 Å². The molecule has 4 aromatic carbocycles. The van der Waals surface area contributed by atoms with Crippen molar-refractivity contribution in [2.45, 2.75) is 22.6 Å². The third kappa shape index (κ3) is 7.49. The van der Waals surface area contributed by atoms with Crippen LogP contribution < -0.4 is 19.9 Å². The maximum atomic E-state index is 16.0. The number of hydrogen-bond donors (Lipinski definition) is 1. The van der Waals surface area contributed by atoms with Crippen LogP contribution in [0.3, 0.4) is 0 Å². The third-order valence-corrected chi connectivity index (χ3v) is 8.74. The van der Waals surface area contributed by atoms with Crippen molar-refractivity contribution in [1.82, 2.24) is 9.88 Å². The Bertz CT molecular complexity index is 2110. The van der Waals surface area contributed by atoms with Crippen molar-refractivity contribution >= 4 is 35.5 Å². The molecule has 0 aliphatic carbocycles. The zero-order valence-electron chi connectivity index (χ0n) is 25.8. The minimum Gasteiger partial charge on any atom is -0.485 e. The number of hydrogen-bond acceptors (Lipinski definition) is 9. The number of nitriles is 1. The number of carbonyl (C=O) groups excluding carboxylic acids is 1. The van der Waals surface area contributed by atoms with Crippen molar-refractivity contribution in [2.24, 2.45) is 10.7 Å². The molecule has 0 spiro atoms. The quantitative estimate of drug-likeness (QED) is 0.146. The lowest BCUT2D eigenvalue weighted by molar-refractivity contribution is 0.0997. The molecule has 1 aliphatic rings. The van der Waals surface area contributed by atoms with E-state index in [1.165, 1.54) is 30.0 Å². The summed E-state index contributed by atoms with van der Waals surface area (Å²) in [6, 6.07) is 25.8. The molecule has 2 heterocycles. The molecule has 1 aromatic heterocycles. The average molecular weight is 698 g/mol. The van der Waals surface area contributed by atoms with Gasteiger partial charge in [-0.2, -0.15) is 9.65 Å². The number of halogens is 3. The minimum absolute atomic E-state index is 0.000677. The second-order valence-electron chi connectivity index (χ2n) is 10.7. The highest BCUT2D eigenvalue weighted by Crippen LogP contribution is 2.43. The van der Waals surface area contributed by atoms with Gasteiger partial charge in [0.25, 0.3) is 11.8 Å². The Balaban J connectivity index is 1.32. The SMILES string of the molecule is CN1CC=NC1c1cc(Sc2cccc(Cl)c2C(N)=O)ccc1Oc1c(F)cnc(Oc2cc(C#N)ccc2OCc2ccccc2)c1F. The van der Waals surface area contributed by atoms with Gasteiger partial charge in [0, 0.05) is 34.2 Å².